The predicted octanol–water partition coefficient (Wildman–Crippen LogP) is 2.51. The van der Waals surface area contributed by atoms with E-state index in [0.717, 1.165) is 15.6 Å². The fourth-order valence-corrected chi connectivity index (χ4v) is 6.51. The van der Waals surface area contributed by atoms with E-state index < -0.39 is 20.4 Å². The summed E-state index contributed by atoms with van der Waals surface area (Å²) in [5.74, 6) is -0.324. The van der Waals surface area contributed by atoms with Crippen LogP contribution < -0.4 is 0 Å². The van der Waals surface area contributed by atoms with Crippen molar-refractivity contribution in [3.05, 3.63) is 33.8 Å². The average Bonchev–Trinajstić information content (AvgIpc) is 2.64. The normalized spacial score (nSPS) is 23.1. The number of hydrogen-bond acceptors (Lipinski definition) is 5. The molecule has 2 heterocycles. The first-order valence-electron chi connectivity index (χ1n) is 9.20. The van der Waals surface area contributed by atoms with Crippen molar-refractivity contribution >= 4 is 31.7 Å². The lowest BCUT2D eigenvalue weighted by atomic mass is 9.84. The summed E-state index contributed by atoms with van der Waals surface area (Å²) in [4.78, 5) is 12.3. The molecule has 150 valence electrons. The number of halogens is 1. The van der Waals surface area contributed by atoms with Gasteiger partial charge < -0.3 is 9.84 Å². The summed E-state index contributed by atoms with van der Waals surface area (Å²) in [5.41, 5.74) is 0.762. The SMILES string of the molecule is CC(=O)C1(S(=O)(=O)N2CCC(O)(c3ccc(Br)c(C)c3)CC2)CCOCC1. The molecule has 6 nitrogen and oxygen atoms in total. The molecule has 0 aliphatic carbocycles. The fraction of sp³-hybridized carbons (Fsp3) is 0.632. The second kappa shape index (κ2) is 7.55. The number of nitrogens with zero attached hydrogens (tertiary/aromatic N) is 1. The van der Waals surface area contributed by atoms with Crippen LogP contribution >= 0.6 is 15.9 Å². The molecule has 3 rings (SSSR count). The molecule has 0 radical (unpaired) electrons. The van der Waals surface area contributed by atoms with Gasteiger partial charge in [-0.25, -0.2) is 12.7 Å². The maximum absolute atomic E-state index is 13.3. The van der Waals surface area contributed by atoms with Crippen LogP contribution in [0.1, 0.15) is 43.7 Å². The number of carbonyl (C=O) groups excluding carboxylic acids is 1. The second-order valence-corrected chi connectivity index (χ2v) is 10.7. The van der Waals surface area contributed by atoms with Crippen LogP contribution in [0, 0.1) is 6.92 Å². The number of piperidine rings is 1. The molecule has 0 spiro atoms. The van der Waals surface area contributed by atoms with E-state index in [4.69, 9.17) is 4.74 Å². The Kier molecular flexibility index (Phi) is 5.85. The highest BCUT2D eigenvalue weighted by Crippen LogP contribution is 2.39. The zero-order valence-corrected chi connectivity index (χ0v) is 18.1. The van der Waals surface area contributed by atoms with Crippen molar-refractivity contribution in [2.75, 3.05) is 26.3 Å². The first-order valence-corrected chi connectivity index (χ1v) is 11.4. The molecule has 0 saturated carbocycles. The number of ether oxygens (including phenoxy) is 1. The van der Waals surface area contributed by atoms with Gasteiger partial charge in [0, 0.05) is 30.8 Å². The number of aryl methyl sites for hydroxylation is 1. The highest BCUT2D eigenvalue weighted by Gasteiger charge is 2.53. The van der Waals surface area contributed by atoms with Crippen molar-refractivity contribution in [1.29, 1.82) is 0 Å². The van der Waals surface area contributed by atoms with E-state index >= 15 is 0 Å². The Hall–Kier alpha value is -0.800. The maximum atomic E-state index is 13.3. The van der Waals surface area contributed by atoms with Gasteiger partial charge in [0.1, 0.15) is 4.75 Å². The second-order valence-electron chi connectivity index (χ2n) is 7.56. The third-order valence-corrected chi connectivity index (χ3v) is 9.64. The molecule has 0 amide bonds. The molecule has 2 fully saturated rings. The monoisotopic (exact) mass is 459 g/mol. The van der Waals surface area contributed by atoms with Crippen molar-refractivity contribution in [2.45, 2.75) is 49.9 Å². The Bertz CT molecular complexity index is 825. The number of rotatable bonds is 4. The van der Waals surface area contributed by atoms with Gasteiger partial charge in [0.25, 0.3) is 0 Å². The van der Waals surface area contributed by atoms with Gasteiger partial charge in [-0.1, -0.05) is 28.1 Å². The lowest BCUT2D eigenvalue weighted by Gasteiger charge is -2.43. The molecule has 0 bridgehead atoms. The number of ketones is 1. The van der Waals surface area contributed by atoms with Gasteiger partial charge in [-0.2, -0.15) is 0 Å². The standard InChI is InChI=1S/C19H26BrNO5S/c1-14-13-16(3-4-17(14)20)18(23)5-9-21(10-6-18)27(24,25)19(15(2)22)7-11-26-12-8-19/h3-4,13,23H,5-12H2,1-2H3. The van der Waals surface area contributed by atoms with E-state index in [9.17, 15) is 18.3 Å². The first-order chi connectivity index (χ1) is 12.6. The largest absolute Gasteiger partial charge is 0.385 e. The van der Waals surface area contributed by atoms with Crippen molar-refractivity contribution in [3.63, 3.8) is 0 Å². The number of aliphatic hydroxyl groups is 1. The topological polar surface area (TPSA) is 83.9 Å². The van der Waals surface area contributed by atoms with Crippen LogP contribution in [0.3, 0.4) is 0 Å². The minimum Gasteiger partial charge on any atom is -0.385 e. The Morgan fingerprint density at radius 3 is 2.30 bits per heavy atom. The number of hydrogen-bond donors (Lipinski definition) is 1. The van der Waals surface area contributed by atoms with Crippen LogP contribution in [0.2, 0.25) is 0 Å². The summed E-state index contributed by atoms with van der Waals surface area (Å²) in [6, 6.07) is 5.71. The summed E-state index contributed by atoms with van der Waals surface area (Å²) >= 11 is 3.46. The van der Waals surface area contributed by atoms with E-state index in [1.165, 1.54) is 11.2 Å². The molecular weight excluding hydrogens is 434 g/mol. The molecule has 0 unspecified atom stereocenters. The summed E-state index contributed by atoms with van der Waals surface area (Å²) < 4.78 is 32.9. The zero-order chi connectivity index (χ0) is 19.9. The van der Waals surface area contributed by atoms with Crippen molar-refractivity contribution in [2.24, 2.45) is 0 Å². The number of carbonyl (C=O) groups is 1. The Morgan fingerprint density at radius 1 is 1.19 bits per heavy atom. The summed E-state index contributed by atoms with van der Waals surface area (Å²) in [6.07, 6.45) is 0.990. The van der Waals surface area contributed by atoms with Crippen LogP contribution in [0.5, 0.6) is 0 Å². The fourth-order valence-electron chi connectivity index (χ4n) is 4.06. The van der Waals surface area contributed by atoms with E-state index in [1.807, 2.05) is 25.1 Å². The van der Waals surface area contributed by atoms with Gasteiger partial charge in [0.15, 0.2) is 5.78 Å². The number of sulfonamides is 1. The molecule has 0 atom stereocenters. The van der Waals surface area contributed by atoms with E-state index in [1.54, 1.807) is 0 Å². The summed E-state index contributed by atoms with van der Waals surface area (Å²) in [6.45, 7) is 4.25. The van der Waals surface area contributed by atoms with Crippen LogP contribution in [0.25, 0.3) is 0 Å². The molecule has 1 aromatic rings. The minimum absolute atomic E-state index is 0.192. The lowest BCUT2D eigenvalue weighted by molar-refractivity contribution is -0.122. The van der Waals surface area contributed by atoms with Crippen LogP contribution in [-0.2, 0) is 25.2 Å². The minimum atomic E-state index is -3.81. The molecule has 8 heteroatoms. The van der Waals surface area contributed by atoms with Gasteiger partial charge in [-0.3, -0.25) is 4.79 Å². The van der Waals surface area contributed by atoms with Gasteiger partial charge in [-0.15, -0.1) is 0 Å². The average molecular weight is 460 g/mol. The predicted molar refractivity (Wildman–Crippen MR) is 106 cm³/mol. The first kappa shape index (κ1) is 20.9. The summed E-state index contributed by atoms with van der Waals surface area (Å²) in [5, 5.41) is 11.1. The van der Waals surface area contributed by atoms with Crippen molar-refractivity contribution < 1.29 is 23.1 Å². The van der Waals surface area contributed by atoms with Gasteiger partial charge in [-0.05, 0) is 56.7 Å². The van der Waals surface area contributed by atoms with Gasteiger partial charge in [0.05, 0.1) is 5.60 Å². The Morgan fingerprint density at radius 2 is 1.78 bits per heavy atom. The third-order valence-electron chi connectivity index (χ3n) is 6.02. The smallest absolute Gasteiger partial charge is 0.227 e. The molecule has 27 heavy (non-hydrogen) atoms. The van der Waals surface area contributed by atoms with E-state index in [-0.39, 0.29) is 44.9 Å². The summed E-state index contributed by atoms with van der Waals surface area (Å²) in [7, 11) is -3.81. The van der Waals surface area contributed by atoms with Crippen molar-refractivity contribution in [3.8, 4) is 0 Å². The Labute approximate surface area is 169 Å². The quantitative estimate of drug-likeness (QED) is 0.747. The lowest BCUT2D eigenvalue weighted by Crippen LogP contribution is -2.58. The molecule has 2 saturated heterocycles. The Balaban J connectivity index is 1.81. The van der Waals surface area contributed by atoms with Gasteiger partial charge in [0.2, 0.25) is 10.0 Å². The van der Waals surface area contributed by atoms with E-state index in [2.05, 4.69) is 15.9 Å². The molecule has 1 N–H and O–H groups in total. The number of benzene rings is 1. The molecule has 2 aliphatic rings. The van der Waals surface area contributed by atoms with Crippen molar-refractivity contribution in [1.82, 2.24) is 4.31 Å². The highest BCUT2D eigenvalue weighted by atomic mass is 79.9. The van der Waals surface area contributed by atoms with Crippen LogP contribution in [-0.4, -0.2) is 54.7 Å². The third kappa shape index (κ3) is 3.62. The van der Waals surface area contributed by atoms with E-state index in [0.29, 0.717) is 12.8 Å². The molecular formula is C19H26BrNO5S. The zero-order valence-electron chi connectivity index (χ0n) is 15.7. The molecule has 2 aliphatic heterocycles. The van der Waals surface area contributed by atoms with Gasteiger partial charge >= 0.3 is 0 Å². The maximum Gasteiger partial charge on any atom is 0.227 e. The van der Waals surface area contributed by atoms with Crippen LogP contribution in [0.15, 0.2) is 22.7 Å². The number of Topliss-reactive ketones (excluding diaryl/α,β-unsaturated/α-hetero) is 1. The van der Waals surface area contributed by atoms with Crippen LogP contribution in [0.4, 0.5) is 0 Å². The molecule has 1 aromatic carbocycles. The highest BCUT2D eigenvalue weighted by molar-refractivity contribution is 9.10. The molecule has 0 aromatic heterocycles.